The summed E-state index contributed by atoms with van der Waals surface area (Å²) < 4.78 is 0. The van der Waals surface area contributed by atoms with Gasteiger partial charge in [0.25, 0.3) is 5.91 Å². The van der Waals surface area contributed by atoms with Gasteiger partial charge in [-0.15, -0.1) is 11.3 Å². The normalized spacial score (nSPS) is 25.5. The minimum Gasteiger partial charge on any atom is -0.376 e. The zero-order valence-corrected chi connectivity index (χ0v) is 23.7. The number of halogens is 1. The van der Waals surface area contributed by atoms with Crippen LogP contribution in [0, 0.1) is 18.3 Å². The van der Waals surface area contributed by atoms with Gasteiger partial charge in [-0.25, -0.2) is 0 Å². The summed E-state index contributed by atoms with van der Waals surface area (Å²) in [4.78, 5) is 44.7. The van der Waals surface area contributed by atoms with Crippen molar-refractivity contribution >= 4 is 46.3 Å². The molecule has 2 heterocycles. The van der Waals surface area contributed by atoms with Crippen LogP contribution in [0.25, 0.3) is 0 Å². The van der Waals surface area contributed by atoms with E-state index in [4.69, 9.17) is 11.6 Å². The molecule has 0 unspecified atom stereocenters. The highest BCUT2D eigenvalue weighted by Crippen LogP contribution is 2.67. The molecule has 3 amide bonds. The number of anilines is 1. The number of hydrogen-bond donors (Lipinski definition) is 4. The van der Waals surface area contributed by atoms with Crippen LogP contribution in [-0.4, -0.2) is 41.3 Å². The molecule has 2 bridgehead atoms. The molecule has 204 valence electrons. The highest BCUT2D eigenvalue weighted by molar-refractivity contribution is 7.14. The number of aryl methyl sites for hydroxylation is 1. The largest absolute Gasteiger partial charge is 0.376 e. The average molecular weight is 558 g/mol. The second-order valence-electron chi connectivity index (χ2n) is 11.4. The van der Waals surface area contributed by atoms with Crippen molar-refractivity contribution in [1.82, 2.24) is 20.9 Å². The molecule has 2 atom stereocenters. The minimum absolute atomic E-state index is 0.0463. The Morgan fingerprint density at radius 2 is 1.89 bits per heavy atom. The first-order chi connectivity index (χ1) is 18.1. The molecule has 4 fully saturated rings. The summed E-state index contributed by atoms with van der Waals surface area (Å²) in [5.74, 6) is 0.134. The third kappa shape index (κ3) is 5.27. The first-order valence-electron chi connectivity index (χ1n) is 13.5. The maximum absolute atomic E-state index is 13.4. The van der Waals surface area contributed by atoms with Gasteiger partial charge >= 0.3 is 0 Å². The number of amides is 3. The summed E-state index contributed by atoms with van der Waals surface area (Å²) >= 11 is 7.52. The van der Waals surface area contributed by atoms with Gasteiger partial charge in [-0.2, -0.15) is 0 Å². The van der Waals surface area contributed by atoms with Crippen LogP contribution < -0.4 is 21.3 Å². The molecule has 0 radical (unpaired) electrons. The molecule has 4 aliphatic carbocycles. The first-order valence-corrected chi connectivity index (χ1v) is 14.6. The SMILES string of the molecule is CNC(=O)C12CC(NC(=O)[C@H](CC3CCCC3)NC(=O)c3ccc([C@H](C)Nc4cc(Cl)cnc4C)s3)(C1)C2. The Bertz CT molecular complexity index is 1220. The van der Waals surface area contributed by atoms with Gasteiger partial charge in [-0.3, -0.25) is 19.4 Å². The molecule has 2 aromatic heterocycles. The molecule has 8 nitrogen and oxygen atoms in total. The Kier molecular flexibility index (Phi) is 7.44. The predicted octanol–water partition coefficient (Wildman–Crippen LogP) is 4.74. The third-order valence-corrected chi connectivity index (χ3v) is 9.97. The first kappa shape index (κ1) is 26.9. The van der Waals surface area contributed by atoms with Gasteiger partial charge in [0.15, 0.2) is 0 Å². The van der Waals surface area contributed by atoms with Crippen LogP contribution in [0.2, 0.25) is 5.02 Å². The van der Waals surface area contributed by atoms with E-state index in [0.29, 0.717) is 41.5 Å². The van der Waals surface area contributed by atoms with Crippen LogP contribution in [0.1, 0.15) is 84.6 Å². The number of carbonyl (C=O) groups excluding carboxylic acids is 3. The molecular formula is C28H36ClN5O3S. The van der Waals surface area contributed by atoms with Crippen molar-refractivity contribution in [2.24, 2.45) is 11.3 Å². The van der Waals surface area contributed by atoms with Crippen LogP contribution in [0.3, 0.4) is 0 Å². The van der Waals surface area contributed by atoms with Gasteiger partial charge in [0.2, 0.25) is 11.8 Å². The summed E-state index contributed by atoms with van der Waals surface area (Å²) in [6, 6.07) is 4.97. The number of thiophene rings is 1. The van der Waals surface area contributed by atoms with E-state index in [1.807, 2.05) is 32.0 Å². The van der Waals surface area contributed by atoms with Crippen molar-refractivity contribution in [3.63, 3.8) is 0 Å². The van der Waals surface area contributed by atoms with Crippen LogP contribution in [0.5, 0.6) is 0 Å². The lowest BCUT2D eigenvalue weighted by Crippen LogP contribution is -2.79. The maximum Gasteiger partial charge on any atom is 0.262 e. The van der Waals surface area contributed by atoms with Crippen molar-refractivity contribution in [2.75, 3.05) is 12.4 Å². The molecule has 0 saturated heterocycles. The van der Waals surface area contributed by atoms with E-state index in [2.05, 4.69) is 26.3 Å². The van der Waals surface area contributed by atoms with E-state index in [1.165, 1.54) is 24.2 Å². The van der Waals surface area contributed by atoms with E-state index < -0.39 is 6.04 Å². The highest BCUT2D eigenvalue weighted by Gasteiger charge is 2.72. The molecule has 10 heteroatoms. The smallest absolute Gasteiger partial charge is 0.262 e. The lowest BCUT2D eigenvalue weighted by Gasteiger charge is -2.69. The Balaban J connectivity index is 1.22. The Morgan fingerprint density at radius 1 is 1.18 bits per heavy atom. The third-order valence-electron chi connectivity index (χ3n) is 8.50. The molecule has 2 aromatic rings. The standard InChI is InChI=1S/C28H36ClN5O3S/c1-16-20(11-19(29)12-31-16)32-17(2)22-8-9-23(38-22)25(36)33-21(10-18-6-4-5-7-18)24(35)34-28-13-27(14-28,15-28)26(37)30-3/h8-9,11-12,17-18,21,32H,4-7,10,13-15H2,1-3H3,(H,30,37)(H,33,36)(H,34,35)/t17-,21-,27?,28?/m0/s1. The fraction of sp³-hybridized carbons (Fsp3) is 0.571. The monoisotopic (exact) mass is 557 g/mol. The Hall–Kier alpha value is -2.65. The molecule has 4 N–H and O–H groups in total. The summed E-state index contributed by atoms with van der Waals surface area (Å²) in [6.45, 7) is 3.94. The average Bonchev–Trinajstić information content (AvgIpc) is 3.54. The number of rotatable bonds is 10. The van der Waals surface area contributed by atoms with Crippen molar-refractivity contribution in [2.45, 2.75) is 82.8 Å². The second kappa shape index (κ2) is 10.5. The van der Waals surface area contributed by atoms with E-state index in [0.717, 1.165) is 29.1 Å². The number of hydrogen-bond acceptors (Lipinski definition) is 6. The van der Waals surface area contributed by atoms with E-state index in [9.17, 15) is 14.4 Å². The fourth-order valence-electron chi connectivity index (χ4n) is 6.48. The van der Waals surface area contributed by atoms with E-state index in [-0.39, 0.29) is 34.7 Å². The van der Waals surface area contributed by atoms with Gasteiger partial charge in [0.05, 0.1) is 32.7 Å². The number of nitrogens with one attached hydrogen (secondary N) is 4. The van der Waals surface area contributed by atoms with Gasteiger partial charge < -0.3 is 21.3 Å². The van der Waals surface area contributed by atoms with Crippen LogP contribution >= 0.6 is 22.9 Å². The minimum atomic E-state index is -0.586. The zero-order chi connectivity index (χ0) is 27.1. The van der Waals surface area contributed by atoms with Crippen molar-refractivity contribution < 1.29 is 14.4 Å². The van der Waals surface area contributed by atoms with Gasteiger partial charge in [-0.05, 0) is 63.6 Å². The number of aromatic nitrogens is 1. The van der Waals surface area contributed by atoms with Crippen molar-refractivity contribution in [3.05, 3.63) is 44.9 Å². The van der Waals surface area contributed by atoms with Crippen molar-refractivity contribution in [1.29, 1.82) is 0 Å². The van der Waals surface area contributed by atoms with E-state index >= 15 is 0 Å². The van der Waals surface area contributed by atoms with Crippen LogP contribution in [-0.2, 0) is 9.59 Å². The Labute approximate surface area is 232 Å². The lowest BCUT2D eigenvalue weighted by molar-refractivity contribution is -0.183. The molecule has 4 saturated carbocycles. The molecule has 6 rings (SSSR count). The molecule has 38 heavy (non-hydrogen) atoms. The topological polar surface area (TPSA) is 112 Å². The quantitative estimate of drug-likeness (QED) is 0.337. The predicted molar refractivity (Wildman–Crippen MR) is 149 cm³/mol. The molecule has 0 aromatic carbocycles. The van der Waals surface area contributed by atoms with Gasteiger partial charge in [0, 0.05) is 23.7 Å². The van der Waals surface area contributed by atoms with Crippen LogP contribution in [0.15, 0.2) is 24.4 Å². The molecule has 0 spiro atoms. The summed E-state index contributed by atoms with van der Waals surface area (Å²) in [6.07, 6.45) is 8.82. The summed E-state index contributed by atoms with van der Waals surface area (Å²) in [5.41, 5.74) is 1.09. The molecule has 4 aliphatic rings. The fourth-order valence-corrected chi connectivity index (χ4v) is 7.55. The van der Waals surface area contributed by atoms with Gasteiger partial charge in [-0.1, -0.05) is 37.3 Å². The number of pyridine rings is 1. The van der Waals surface area contributed by atoms with Gasteiger partial charge in [0.1, 0.15) is 6.04 Å². The van der Waals surface area contributed by atoms with Crippen molar-refractivity contribution in [3.8, 4) is 0 Å². The summed E-state index contributed by atoms with van der Waals surface area (Å²) in [5, 5.41) is 13.0. The number of nitrogens with zero attached hydrogens (tertiary/aromatic N) is 1. The second-order valence-corrected chi connectivity index (χ2v) is 13.0. The molecule has 0 aliphatic heterocycles. The maximum atomic E-state index is 13.4. The zero-order valence-electron chi connectivity index (χ0n) is 22.2. The highest BCUT2D eigenvalue weighted by atomic mass is 35.5. The molecular weight excluding hydrogens is 522 g/mol. The Morgan fingerprint density at radius 3 is 2.58 bits per heavy atom. The van der Waals surface area contributed by atoms with Crippen LogP contribution in [0.4, 0.5) is 5.69 Å². The number of carbonyl (C=O) groups is 3. The summed E-state index contributed by atoms with van der Waals surface area (Å²) in [7, 11) is 1.66. The lowest BCUT2D eigenvalue weighted by atomic mass is 9.39. The van der Waals surface area contributed by atoms with E-state index in [1.54, 1.807) is 13.2 Å².